The first-order valence-electron chi connectivity index (χ1n) is 7.22. The average Bonchev–Trinajstić information content (AvgIpc) is 3.09. The normalized spacial score (nSPS) is 15.6. The lowest BCUT2D eigenvalue weighted by molar-refractivity contribution is 0.304. The average molecular weight is 319 g/mol. The lowest BCUT2D eigenvalue weighted by Crippen LogP contribution is -2.26. The highest BCUT2D eigenvalue weighted by molar-refractivity contribution is 7.19. The minimum Gasteiger partial charge on any atom is -0.395 e. The van der Waals surface area contributed by atoms with Gasteiger partial charge in [-0.1, -0.05) is 5.10 Å². The predicted octanol–water partition coefficient (Wildman–Crippen LogP) is 0.150. The van der Waals surface area contributed by atoms with Crippen molar-refractivity contribution in [2.45, 2.75) is 13.0 Å². The maximum Gasteiger partial charge on any atom is 0.276 e. The third-order valence-corrected chi connectivity index (χ3v) is 5.29. The van der Waals surface area contributed by atoms with Gasteiger partial charge in [-0.25, -0.2) is 0 Å². The van der Waals surface area contributed by atoms with Gasteiger partial charge in [0, 0.05) is 31.6 Å². The van der Waals surface area contributed by atoms with E-state index in [4.69, 9.17) is 0 Å². The van der Waals surface area contributed by atoms with Crippen LogP contribution in [-0.4, -0.2) is 68.8 Å². The number of aliphatic hydroxyl groups is 1. The largest absolute Gasteiger partial charge is 0.395 e. The van der Waals surface area contributed by atoms with Gasteiger partial charge in [0.05, 0.1) is 12.0 Å². The first-order valence-corrected chi connectivity index (χ1v) is 8.03. The van der Waals surface area contributed by atoms with Gasteiger partial charge in [-0.3, -0.25) is 0 Å². The molecule has 0 amide bonds. The van der Waals surface area contributed by atoms with Crippen LogP contribution >= 0.6 is 11.3 Å². The molecule has 3 aromatic rings. The third-order valence-electron chi connectivity index (χ3n) is 4.10. The Balaban J connectivity index is 2.03. The monoisotopic (exact) mass is 319 g/mol. The number of rotatable bonds is 3. The highest BCUT2D eigenvalue weighted by Crippen LogP contribution is 2.39. The lowest BCUT2D eigenvalue weighted by Gasteiger charge is -2.23. The fourth-order valence-electron chi connectivity index (χ4n) is 2.96. The molecule has 0 radical (unpaired) electrons. The van der Waals surface area contributed by atoms with E-state index in [1.807, 2.05) is 11.9 Å². The minimum atomic E-state index is 0.0882. The van der Waals surface area contributed by atoms with E-state index < -0.39 is 0 Å². The number of likely N-dealkylation sites (N-methyl/N-ethyl adjacent to an activating group) is 2. The molecule has 3 aromatic heterocycles. The van der Waals surface area contributed by atoms with Crippen molar-refractivity contribution < 1.29 is 5.11 Å². The zero-order chi connectivity index (χ0) is 15.3. The number of aromatic nitrogens is 5. The second kappa shape index (κ2) is 5.11. The molecule has 0 aliphatic carbocycles. The molecule has 0 atom stereocenters. The molecule has 9 heteroatoms. The maximum absolute atomic E-state index is 9.25. The van der Waals surface area contributed by atoms with Gasteiger partial charge in [-0.2, -0.15) is 9.50 Å². The summed E-state index contributed by atoms with van der Waals surface area (Å²) in [6, 6.07) is 0. The molecular formula is C13H17N7OS. The Hall–Kier alpha value is -1.84. The Morgan fingerprint density at radius 1 is 1.41 bits per heavy atom. The van der Waals surface area contributed by atoms with Gasteiger partial charge >= 0.3 is 0 Å². The van der Waals surface area contributed by atoms with Crippen LogP contribution in [0, 0.1) is 0 Å². The van der Waals surface area contributed by atoms with Crippen LogP contribution in [0.4, 0.5) is 5.82 Å². The molecule has 1 N–H and O–H groups in total. The van der Waals surface area contributed by atoms with E-state index in [0.29, 0.717) is 12.3 Å². The first kappa shape index (κ1) is 13.8. The van der Waals surface area contributed by atoms with Crippen molar-refractivity contribution in [3.8, 4) is 0 Å². The van der Waals surface area contributed by atoms with Crippen LogP contribution in [0.15, 0.2) is 0 Å². The Bertz CT molecular complexity index is 842. The summed E-state index contributed by atoms with van der Waals surface area (Å²) in [6.45, 7) is 2.60. The van der Waals surface area contributed by atoms with Gasteiger partial charge in [-0.05, 0) is 29.5 Å². The Labute approximate surface area is 131 Å². The molecule has 4 rings (SSSR count). The smallest absolute Gasteiger partial charge is 0.276 e. The van der Waals surface area contributed by atoms with E-state index in [9.17, 15) is 5.11 Å². The third kappa shape index (κ3) is 1.97. The fourth-order valence-corrected chi connectivity index (χ4v) is 4.33. The molecule has 8 nitrogen and oxygen atoms in total. The molecule has 4 heterocycles. The number of aliphatic hydroxyl groups excluding tert-OH is 1. The molecule has 22 heavy (non-hydrogen) atoms. The summed E-state index contributed by atoms with van der Waals surface area (Å²) < 4.78 is 1.72. The van der Waals surface area contributed by atoms with E-state index >= 15 is 0 Å². The van der Waals surface area contributed by atoms with Crippen LogP contribution in [-0.2, 0) is 13.0 Å². The van der Waals surface area contributed by atoms with E-state index in [1.165, 1.54) is 10.4 Å². The highest BCUT2D eigenvalue weighted by atomic mass is 32.1. The summed E-state index contributed by atoms with van der Waals surface area (Å²) in [7, 11) is 4.08. The summed E-state index contributed by atoms with van der Waals surface area (Å²) in [4.78, 5) is 11.3. The summed E-state index contributed by atoms with van der Waals surface area (Å²) >= 11 is 1.74. The quantitative estimate of drug-likeness (QED) is 0.736. The second-order valence-corrected chi connectivity index (χ2v) is 6.73. The molecule has 116 valence electrons. The van der Waals surface area contributed by atoms with Crippen LogP contribution in [0.3, 0.4) is 0 Å². The maximum atomic E-state index is 9.25. The van der Waals surface area contributed by atoms with Crippen LogP contribution in [0.25, 0.3) is 16.0 Å². The van der Waals surface area contributed by atoms with Crippen LogP contribution < -0.4 is 4.90 Å². The zero-order valence-corrected chi connectivity index (χ0v) is 13.3. The second-order valence-electron chi connectivity index (χ2n) is 5.64. The van der Waals surface area contributed by atoms with Crippen LogP contribution in [0.5, 0.6) is 0 Å². The number of fused-ring (bicyclic) bond motifs is 5. The molecule has 0 aromatic carbocycles. The van der Waals surface area contributed by atoms with Crippen LogP contribution in [0.1, 0.15) is 10.4 Å². The van der Waals surface area contributed by atoms with Gasteiger partial charge in [0.25, 0.3) is 5.78 Å². The molecule has 0 saturated carbocycles. The van der Waals surface area contributed by atoms with Gasteiger partial charge in [-0.15, -0.1) is 11.3 Å². The molecule has 0 fully saturated rings. The van der Waals surface area contributed by atoms with Crippen molar-refractivity contribution in [1.82, 2.24) is 29.9 Å². The van der Waals surface area contributed by atoms with Crippen molar-refractivity contribution in [2.24, 2.45) is 0 Å². The Kier molecular flexibility index (Phi) is 3.21. The highest BCUT2D eigenvalue weighted by Gasteiger charge is 2.25. The summed E-state index contributed by atoms with van der Waals surface area (Å²) in [5, 5.41) is 22.2. The summed E-state index contributed by atoms with van der Waals surface area (Å²) in [5.74, 6) is 1.35. The van der Waals surface area contributed by atoms with E-state index in [-0.39, 0.29) is 6.61 Å². The number of hydrogen-bond donors (Lipinski definition) is 1. The topological polar surface area (TPSA) is 82.7 Å². The zero-order valence-electron chi connectivity index (χ0n) is 12.5. The molecule has 0 bridgehead atoms. The number of nitrogens with zero attached hydrogens (tertiary/aromatic N) is 7. The molecule has 0 saturated heterocycles. The molecule has 1 aliphatic rings. The minimum absolute atomic E-state index is 0.0882. The fraction of sp³-hybridized carbons (Fsp3) is 0.538. The lowest BCUT2D eigenvalue weighted by atomic mass is 10.1. The van der Waals surface area contributed by atoms with E-state index in [0.717, 1.165) is 35.5 Å². The van der Waals surface area contributed by atoms with Gasteiger partial charge in [0.15, 0.2) is 0 Å². The van der Waals surface area contributed by atoms with Crippen molar-refractivity contribution in [2.75, 3.05) is 38.7 Å². The first-order chi connectivity index (χ1) is 10.7. The Morgan fingerprint density at radius 3 is 3.09 bits per heavy atom. The number of thiophene rings is 1. The number of tetrazole rings is 1. The van der Waals surface area contributed by atoms with Crippen molar-refractivity contribution in [3.63, 3.8) is 0 Å². The van der Waals surface area contributed by atoms with Crippen molar-refractivity contribution >= 4 is 33.1 Å². The number of anilines is 1. The SMILES string of the molecule is CN1CCc2c(sc3c2c(N(C)CCO)nc2nnnn23)C1. The molecule has 0 spiro atoms. The van der Waals surface area contributed by atoms with Gasteiger partial charge in [0.2, 0.25) is 0 Å². The van der Waals surface area contributed by atoms with Crippen LogP contribution in [0.2, 0.25) is 0 Å². The Morgan fingerprint density at radius 2 is 2.27 bits per heavy atom. The predicted molar refractivity (Wildman–Crippen MR) is 84.4 cm³/mol. The van der Waals surface area contributed by atoms with Crippen molar-refractivity contribution in [1.29, 1.82) is 0 Å². The molecule has 1 aliphatic heterocycles. The van der Waals surface area contributed by atoms with E-state index in [2.05, 4.69) is 32.5 Å². The number of hydrogen-bond acceptors (Lipinski definition) is 8. The summed E-state index contributed by atoms with van der Waals surface area (Å²) in [6.07, 6.45) is 1.00. The van der Waals surface area contributed by atoms with E-state index in [1.54, 1.807) is 15.9 Å². The standard InChI is InChI=1S/C13H17N7OS/c1-18-4-3-8-9(7-18)22-12-10(8)11(19(2)5-6-21)14-13-15-16-17-20(12)13/h21H,3-7H2,1-2H3. The molecular weight excluding hydrogens is 302 g/mol. The van der Waals surface area contributed by atoms with Gasteiger partial charge < -0.3 is 14.9 Å². The van der Waals surface area contributed by atoms with Gasteiger partial charge in [0.1, 0.15) is 10.6 Å². The van der Waals surface area contributed by atoms with Crippen molar-refractivity contribution in [3.05, 3.63) is 10.4 Å². The molecule has 0 unspecified atom stereocenters. The summed E-state index contributed by atoms with van der Waals surface area (Å²) in [5.41, 5.74) is 1.35.